The van der Waals surface area contributed by atoms with E-state index in [0.29, 0.717) is 17.7 Å². The van der Waals surface area contributed by atoms with Crippen molar-refractivity contribution < 1.29 is 17.5 Å². The highest BCUT2D eigenvalue weighted by Crippen LogP contribution is 2.26. The molecule has 1 N–H and O–H groups in total. The first-order valence-electron chi connectivity index (χ1n) is 7.28. The van der Waals surface area contributed by atoms with Gasteiger partial charge in [0, 0.05) is 12.2 Å². The van der Waals surface area contributed by atoms with Gasteiger partial charge in [-0.25, -0.2) is 17.5 Å². The highest BCUT2D eigenvalue weighted by Gasteiger charge is 2.16. The van der Waals surface area contributed by atoms with Gasteiger partial charge in [0.25, 0.3) is 0 Å². The molecule has 0 unspecified atom stereocenters. The maximum absolute atomic E-state index is 14.2. The van der Waals surface area contributed by atoms with Gasteiger partial charge >= 0.3 is 0 Å². The third kappa shape index (κ3) is 5.01. The topological polar surface area (TPSA) is 68.3 Å². The first kappa shape index (κ1) is 17.4. The largest absolute Gasteiger partial charge is 0.453 e. The van der Waals surface area contributed by atoms with Crippen LogP contribution in [0.1, 0.15) is 31.9 Å². The fraction of sp³-hybridized carbons (Fsp3) is 0.312. The number of halogens is 1. The second-order valence-electron chi connectivity index (χ2n) is 5.14. The van der Waals surface area contributed by atoms with Crippen molar-refractivity contribution in [2.24, 2.45) is 0 Å². The molecule has 0 fully saturated rings. The predicted octanol–water partition coefficient (Wildman–Crippen LogP) is 3.40. The first-order chi connectivity index (χ1) is 10.9. The summed E-state index contributed by atoms with van der Waals surface area (Å²) in [6.07, 6.45) is 3.60. The molecule has 0 bridgehead atoms. The molecular weight excluding hydrogens is 319 g/mol. The van der Waals surface area contributed by atoms with Crippen LogP contribution in [-0.2, 0) is 10.0 Å². The maximum Gasteiger partial charge on any atom is 0.212 e. The number of benzene rings is 1. The van der Waals surface area contributed by atoms with Gasteiger partial charge in [-0.1, -0.05) is 13.0 Å². The smallest absolute Gasteiger partial charge is 0.212 e. The third-order valence-corrected chi connectivity index (χ3v) is 4.81. The Labute approximate surface area is 135 Å². The van der Waals surface area contributed by atoms with Gasteiger partial charge in [0.15, 0.2) is 11.6 Å². The van der Waals surface area contributed by atoms with Gasteiger partial charge in [-0.05, 0) is 43.2 Å². The van der Waals surface area contributed by atoms with Crippen LogP contribution < -0.4 is 9.46 Å². The zero-order chi connectivity index (χ0) is 16.9. The molecule has 0 aliphatic carbocycles. The minimum Gasteiger partial charge on any atom is -0.453 e. The van der Waals surface area contributed by atoms with Crippen LogP contribution in [0.5, 0.6) is 11.5 Å². The van der Waals surface area contributed by atoms with E-state index in [0.717, 1.165) is 0 Å². The van der Waals surface area contributed by atoms with E-state index in [1.807, 2.05) is 0 Å². The number of aromatic nitrogens is 1. The summed E-state index contributed by atoms with van der Waals surface area (Å²) in [6, 6.07) is 7.21. The Hall–Kier alpha value is -1.99. The molecule has 1 heterocycles. The number of hydrogen-bond acceptors (Lipinski definition) is 4. The molecule has 2 aromatic rings. The Morgan fingerprint density at radius 3 is 2.74 bits per heavy atom. The maximum atomic E-state index is 14.2. The molecule has 1 aromatic heterocycles. The third-order valence-electron chi connectivity index (χ3n) is 3.15. The van der Waals surface area contributed by atoms with Crippen molar-refractivity contribution in [2.75, 3.05) is 5.75 Å². The predicted molar refractivity (Wildman–Crippen MR) is 86.3 cm³/mol. The molecule has 5 nitrogen and oxygen atoms in total. The second-order valence-corrected chi connectivity index (χ2v) is 7.01. The number of pyridine rings is 1. The van der Waals surface area contributed by atoms with Crippen molar-refractivity contribution in [3.63, 3.8) is 0 Å². The van der Waals surface area contributed by atoms with Crippen LogP contribution in [0.25, 0.3) is 0 Å². The average molecular weight is 338 g/mol. The van der Waals surface area contributed by atoms with Crippen LogP contribution in [0, 0.1) is 5.82 Å². The van der Waals surface area contributed by atoms with Gasteiger partial charge in [-0.3, -0.25) is 4.98 Å². The molecule has 7 heteroatoms. The van der Waals surface area contributed by atoms with Gasteiger partial charge in [-0.2, -0.15) is 0 Å². The van der Waals surface area contributed by atoms with E-state index in [2.05, 4.69) is 9.71 Å². The molecule has 0 spiro atoms. The lowest BCUT2D eigenvalue weighted by Crippen LogP contribution is -2.29. The standard InChI is InChI=1S/C16H19FN2O3S/c1-3-9-23(20,21)19-12(2)13-6-7-16(15(17)10-13)22-14-5-4-8-18-11-14/h4-8,10-12,19H,3,9H2,1-2H3/t12-/m1/s1. The molecule has 124 valence electrons. The van der Waals surface area contributed by atoms with E-state index in [4.69, 9.17) is 4.74 Å². The molecular formula is C16H19FN2O3S. The van der Waals surface area contributed by atoms with E-state index in [-0.39, 0.29) is 11.5 Å². The molecule has 0 radical (unpaired) electrons. The van der Waals surface area contributed by atoms with Crippen molar-refractivity contribution in [1.82, 2.24) is 9.71 Å². The summed E-state index contributed by atoms with van der Waals surface area (Å²) in [7, 11) is -3.36. The number of hydrogen-bond donors (Lipinski definition) is 1. The number of nitrogens with zero attached hydrogens (tertiary/aromatic N) is 1. The number of rotatable bonds is 7. The Bertz CT molecular complexity index is 751. The van der Waals surface area contributed by atoms with Crippen molar-refractivity contribution in [3.8, 4) is 11.5 Å². The van der Waals surface area contributed by atoms with E-state index in [1.165, 1.54) is 18.3 Å². The van der Waals surface area contributed by atoms with Gasteiger partial charge in [0.2, 0.25) is 10.0 Å². The second kappa shape index (κ2) is 7.52. The van der Waals surface area contributed by atoms with Crippen LogP contribution in [0.3, 0.4) is 0 Å². The molecule has 0 amide bonds. The lowest BCUT2D eigenvalue weighted by molar-refractivity contribution is 0.439. The number of sulfonamides is 1. The zero-order valence-electron chi connectivity index (χ0n) is 13.0. The summed E-state index contributed by atoms with van der Waals surface area (Å²) >= 11 is 0. The average Bonchev–Trinajstić information content (AvgIpc) is 2.49. The van der Waals surface area contributed by atoms with Crippen LogP contribution in [0.15, 0.2) is 42.7 Å². The molecule has 0 aliphatic heterocycles. The first-order valence-corrected chi connectivity index (χ1v) is 8.94. The van der Waals surface area contributed by atoms with E-state index >= 15 is 0 Å². The fourth-order valence-electron chi connectivity index (χ4n) is 2.07. The van der Waals surface area contributed by atoms with Gasteiger partial charge in [-0.15, -0.1) is 0 Å². The quantitative estimate of drug-likeness (QED) is 0.840. The minimum absolute atomic E-state index is 0.0437. The van der Waals surface area contributed by atoms with Gasteiger partial charge in [0.05, 0.1) is 11.9 Å². The number of nitrogens with one attached hydrogen (secondary N) is 1. The Balaban J connectivity index is 2.12. The van der Waals surface area contributed by atoms with E-state index in [9.17, 15) is 12.8 Å². The van der Waals surface area contributed by atoms with Crippen LogP contribution >= 0.6 is 0 Å². The van der Waals surface area contributed by atoms with Crippen molar-refractivity contribution in [2.45, 2.75) is 26.3 Å². The summed E-state index contributed by atoms with van der Waals surface area (Å²) in [4.78, 5) is 3.89. The van der Waals surface area contributed by atoms with Gasteiger partial charge in [0.1, 0.15) is 5.75 Å². The normalized spacial score (nSPS) is 12.8. The lowest BCUT2D eigenvalue weighted by Gasteiger charge is -2.15. The Kier molecular flexibility index (Phi) is 5.68. The summed E-state index contributed by atoms with van der Waals surface area (Å²) in [5.74, 6) is -0.0312. The number of ether oxygens (including phenoxy) is 1. The van der Waals surface area contributed by atoms with Crippen molar-refractivity contribution in [3.05, 3.63) is 54.1 Å². The fourth-order valence-corrected chi connectivity index (χ4v) is 3.40. The SMILES string of the molecule is CCCS(=O)(=O)N[C@H](C)c1ccc(Oc2cccnc2)c(F)c1. The Morgan fingerprint density at radius 1 is 1.35 bits per heavy atom. The van der Waals surface area contributed by atoms with Gasteiger partial charge < -0.3 is 4.74 Å². The molecule has 0 aliphatic rings. The van der Waals surface area contributed by atoms with E-state index in [1.54, 1.807) is 38.2 Å². The highest BCUT2D eigenvalue weighted by molar-refractivity contribution is 7.89. The van der Waals surface area contributed by atoms with Crippen molar-refractivity contribution in [1.29, 1.82) is 0 Å². The molecule has 23 heavy (non-hydrogen) atoms. The summed E-state index contributed by atoms with van der Waals surface area (Å²) in [5, 5.41) is 0. The minimum atomic E-state index is -3.36. The van der Waals surface area contributed by atoms with Crippen LogP contribution in [0.2, 0.25) is 0 Å². The Morgan fingerprint density at radius 2 is 2.13 bits per heavy atom. The molecule has 1 atom stereocenters. The summed E-state index contributed by atoms with van der Waals surface area (Å²) < 4.78 is 45.6. The zero-order valence-corrected chi connectivity index (χ0v) is 13.8. The van der Waals surface area contributed by atoms with E-state index < -0.39 is 21.9 Å². The molecule has 0 saturated carbocycles. The molecule has 2 rings (SSSR count). The molecule has 1 aromatic carbocycles. The highest BCUT2D eigenvalue weighted by atomic mass is 32.2. The summed E-state index contributed by atoms with van der Waals surface area (Å²) in [5.41, 5.74) is 0.528. The molecule has 0 saturated heterocycles. The van der Waals surface area contributed by atoms with Crippen LogP contribution in [0.4, 0.5) is 4.39 Å². The summed E-state index contributed by atoms with van der Waals surface area (Å²) in [6.45, 7) is 3.46. The van der Waals surface area contributed by atoms with Crippen LogP contribution in [-0.4, -0.2) is 19.2 Å². The van der Waals surface area contributed by atoms with Crippen molar-refractivity contribution >= 4 is 10.0 Å². The monoisotopic (exact) mass is 338 g/mol. The lowest BCUT2D eigenvalue weighted by atomic mass is 10.1.